The monoisotopic (exact) mass is 587 g/mol. The highest BCUT2D eigenvalue weighted by Gasteiger charge is 2.16. The topological polar surface area (TPSA) is 0 Å². The maximum absolute atomic E-state index is 4.03. The van der Waals surface area contributed by atoms with Gasteiger partial charge in [-0.3, -0.25) is 0 Å². The zero-order valence-corrected chi connectivity index (χ0v) is 30.8. The Morgan fingerprint density at radius 3 is 1.95 bits per heavy atom. The van der Waals surface area contributed by atoms with Gasteiger partial charge in [0.15, 0.2) is 0 Å². The van der Waals surface area contributed by atoms with Crippen molar-refractivity contribution >= 4 is 6.08 Å². The predicted octanol–water partition coefficient (Wildman–Crippen LogP) is 14.1. The molecule has 43 heavy (non-hydrogen) atoms. The van der Waals surface area contributed by atoms with Crippen LogP contribution >= 0.6 is 0 Å². The van der Waals surface area contributed by atoms with E-state index in [4.69, 9.17) is 0 Å². The van der Waals surface area contributed by atoms with E-state index in [9.17, 15) is 0 Å². The number of rotatable bonds is 10. The van der Waals surface area contributed by atoms with E-state index in [2.05, 4.69) is 105 Å². The molecule has 0 bridgehead atoms. The lowest BCUT2D eigenvalue weighted by molar-refractivity contribution is 0.404. The zero-order valence-electron chi connectivity index (χ0n) is 30.8. The summed E-state index contributed by atoms with van der Waals surface area (Å²) in [6.07, 6.45) is 16.6. The molecule has 0 spiro atoms. The summed E-state index contributed by atoms with van der Waals surface area (Å²) in [5.41, 5.74) is 14.5. The lowest BCUT2D eigenvalue weighted by atomic mass is 9.82. The van der Waals surface area contributed by atoms with Crippen LogP contribution in [-0.2, 0) is 19.3 Å². The van der Waals surface area contributed by atoms with Crippen molar-refractivity contribution in [3.05, 3.63) is 99.2 Å². The van der Waals surface area contributed by atoms with E-state index < -0.39 is 0 Å². The Hall–Kier alpha value is -2.34. The first-order valence-electron chi connectivity index (χ1n) is 17.6. The van der Waals surface area contributed by atoms with Gasteiger partial charge in [-0.15, -0.1) is 13.2 Å². The summed E-state index contributed by atoms with van der Waals surface area (Å²) in [5.74, 6) is 1.47. The van der Waals surface area contributed by atoms with Gasteiger partial charge in [0.25, 0.3) is 0 Å². The predicted molar refractivity (Wildman–Crippen MR) is 200 cm³/mol. The summed E-state index contributed by atoms with van der Waals surface area (Å²) in [6.45, 7) is 33.6. The molecule has 0 saturated heterocycles. The van der Waals surface area contributed by atoms with Crippen molar-refractivity contribution in [2.24, 2.45) is 5.92 Å². The lowest BCUT2D eigenvalue weighted by Gasteiger charge is -2.23. The third kappa shape index (κ3) is 15.8. The van der Waals surface area contributed by atoms with Crippen molar-refractivity contribution in [2.75, 3.05) is 0 Å². The lowest BCUT2D eigenvalue weighted by Crippen LogP contribution is -2.08. The molecule has 242 valence electrons. The Kier molecular flexibility index (Phi) is 21.8. The molecular formula is C43H70. The van der Waals surface area contributed by atoms with Gasteiger partial charge in [0.1, 0.15) is 0 Å². The molecule has 1 fully saturated rings. The second kappa shape index (κ2) is 23.1. The van der Waals surface area contributed by atoms with Crippen LogP contribution in [0.2, 0.25) is 0 Å². The number of benzene rings is 2. The Bertz CT molecular complexity index is 1100. The second-order valence-corrected chi connectivity index (χ2v) is 12.8. The molecule has 0 aliphatic heterocycles. The standard InChI is InChI=1S/C21H32.C16H24.C4H8.C2H6/c1-5-10-19-14-13-16(3)21(20(19)6-2)15-17(4)18-11-8-7-9-12-18;1-6-14-9-13(5)10-16(11-14)15(7-2)8-12(3)4;1-4(2)3;1-2/h13-15,18H,5-12H2,1-4H3;9-11,15H,3,6-8H2,1-2,4-5H3;1H2,2-3H3;1-2H3/b17-15+;;;. The van der Waals surface area contributed by atoms with E-state index in [-0.39, 0.29) is 0 Å². The van der Waals surface area contributed by atoms with Crippen LogP contribution < -0.4 is 0 Å². The summed E-state index contributed by atoms with van der Waals surface area (Å²) < 4.78 is 0. The minimum absolute atomic E-state index is 0.641. The third-order valence-electron chi connectivity index (χ3n) is 8.29. The van der Waals surface area contributed by atoms with Gasteiger partial charge in [0.2, 0.25) is 0 Å². The van der Waals surface area contributed by atoms with Crippen molar-refractivity contribution in [1.82, 2.24) is 0 Å². The molecule has 0 heteroatoms. The molecule has 0 aromatic heterocycles. The molecule has 0 nitrogen and oxygen atoms in total. The van der Waals surface area contributed by atoms with E-state index in [0.717, 1.165) is 25.2 Å². The minimum Gasteiger partial charge on any atom is -0.100 e. The highest BCUT2D eigenvalue weighted by molar-refractivity contribution is 5.62. The van der Waals surface area contributed by atoms with E-state index in [1.807, 2.05) is 27.7 Å². The first kappa shape index (κ1) is 40.7. The van der Waals surface area contributed by atoms with Gasteiger partial charge in [-0.25, -0.2) is 0 Å². The van der Waals surface area contributed by atoms with Crippen molar-refractivity contribution < 1.29 is 0 Å². The van der Waals surface area contributed by atoms with Gasteiger partial charge in [-0.2, -0.15) is 0 Å². The van der Waals surface area contributed by atoms with E-state index in [1.165, 1.54) is 90.3 Å². The third-order valence-corrected chi connectivity index (χ3v) is 8.29. The molecule has 0 heterocycles. The summed E-state index contributed by atoms with van der Waals surface area (Å²) in [7, 11) is 0. The van der Waals surface area contributed by atoms with Gasteiger partial charge < -0.3 is 0 Å². The molecule has 2 aromatic rings. The summed E-state index contributed by atoms with van der Waals surface area (Å²) >= 11 is 0. The van der Waals surface area contributed by atoms with Gasteiger partial charge >= 0.3 is 0 Å². The smallest absolute Gasteiger partial charge is 0.0127 e. The molecule has 3 rings (SSSR count). The summed E-state index contributed by atoms with van der Waals surface area (Å²) in [6, 6.07) is 11.7. The minimum atomic E-state index is 0.641. The Labute approximate surface area is 270 Å². The average molecular weight is 587 g/mol. The molecule has 0 radical (unpaired) electrons. The van der Waals surface area contributed by atoms with Crippen LogP contribution in [0.5, 0.6) is 0 Å². The molecule has 0 N–H and O–H groups in total. The van der Waals surface area contributed by atoms with Crippen molar-refractivity contribution in [2.45, 2.75) is 160 Å². The van der Waals surface area contributed by atoms with Crippen LogP contribution in [0.3, 0.4) is 0 Å². The van der Waals surface area contributed by atoms with Crippen molar-refractivity contribution in [3.8, 4) is 0 Å². The van der Waals surface area contributed by atoms with Crippen LogP contribution in [0.15, 0.2) is 60.2 Å². The van der Waals surface area contributed by atoms with Crippen LogP contribution in [0.4, 0.5) is 0 Å². The molecular weight excluding hydrogens is 516 g/mol. The van der Waals surface area contributed by atoms with Crippen LogP contribution in [0, 0.1) is 19.8 Å². The Balaban J connectivity index is 0.000000711. The molecule has 1 aliphatic rings. The normalized spacial score (nSPS) is 13.8. The average Bonchev–Trinajstić information content (AvgIpc) is 2.98. The van der Waals surface area contributed by atoms with Crippen molar-refractivity contribution in [1.29, 1.82) is 0 Å². The molecule has 2 aromatic carbocycles. The molecule has 1 saturated carbocycles. The van der Waals surface area contributed by atoms with Crippen molar-refractivity contribution in [3.63, 3.8) is 0 Å². The zero-order chi connectivity index (χ0) is 32.9. The summed E-state index contributed by atoms with van der Waals surface area (Å²) in [4.78, 5) is 0. The first-order valence-corrected chi connectivity index (χ1v) is 17.6. The number of hydrogen-bond donors (Lipinski definition) is 0. The number of aryl methyl sites for hydroxylation is 4. The van der Waals surface area contributed by atoms with Crippen LogP contribution in [-0.4, -0.2) is 0 Å². The van der Waals surface area contributed by atoms with E-state index in [1.54, 1.807) is 16.7 Å². The van der Waals surface area contributed by atoms with E-state index >= 15 is 0 Å². The summed E-state index contributed by atoms with van der Waals surface area (Å²) in [5, 5.41) is 0. The molecule has 1 unspecified atom stereocenters. The van der Waals surface area contributed by atoms with Crippen LogP contribution in [0.1, 0.15) is 165 Å². The fraction of sp³-hybridized carbons (Fsp3) is 0.581. The molecule has 1 atom stereocenters. The quantitative estimate of drug-likeness (QED) is 0.243. The maximum atomic E-state index is 4.03. The fourth-order valence-corrected chi connectivity index (χ4v) is 6.11. The van der Waals surface area contributed by atoms with Gasteiger partial charge in [-0.05, 0) is 132 Å². The van der Waals surface area contributed by atoms with E-state index in [0.29, 0.717) is 5.92 Å². The number of allylic oxidation sites excluding steroid dienone is 3. The maximum Gasteiger partial charge on any atom is -0.0127 e. The van der Waals surface area contributed by atoms with Gasteiger partial charge in [0, 0.05) is 0 Å². The molecule has 0 amide bonds. The highest BCUT2D eigenvalue weighted by Crippen LogP contribution is 2.32. The molecule has 1 aliphatic carbocycles. The first-order chi connectivity index (χ1) is 20.5. The largest absolute Gasteiger partial charge is 0.100 e. The fourth-order valence-electron chi connectivity index (χ4n) is 6.11. The van der Waals surface area contributed by atoms with Gasteiger partial charge in [0.05, 0.1) is 0 Å². The Morgan fingerprint density at radius 2 is 1.47 bits per heavy atom. The van der Waals surface area contributed by atoms with Crippen LogP contribution in [0.25, 0.3) is 6.08 Å². The van der Waals surface area contributed by atoms with Gasteiger partial charge in [-0.1, -0.05) is 126 Å². The second-order valence-electron chi connectivity index (χ2n) is 12.8. The Morgan fingerprint density at radius 1 is 0.860 bits per heavy atom. The number of hydrogen-bond acceptors (Lipinski definition) is 0. The highest BCUT2D eigenvalue weighted by atomic mass is 14.2. The SMILES string of the molecule is C=C(C)C.C=C(C)CC(CC)c1cc(C)cc(CC)c1.CC.CCCc1ccc(C)c(/C=C(\C)C2CCCCC2)c1CC.